The summed E-state index contributed by atoms with van der Waals surface area (Å²) in [5, 5.41) is 0. The first kappa shape index (κ1) is 12.2. The largest absolute Gasteiger partial charge is 0.333 e. The summed E-state index contributed by atoms with van der Waals surface area (Å²) >= 11 is 0. The minimum absolute atomic E-state index is 0.107. The fraction of sp³-hybridized carbons (Fsp3) is 0.833. The molecule has 1 unspecified atom stereocenters. The van der Waals surface area contributed by atoms with Crippen LogP contribution in [0.1, 0.15) is 47.0 Å². The van der Waals surface area contributed by atoms with Crippen LogP contribution in [-0.4, -0.2) is 29.2 Å². The van der Waals surface area contributed by atoms with Crippen molar-refractivity contribution in [3.8, 4) is 0 Å². The van der Waals surface area contributed by atoms with Gasteiger partial charge < -0.3 is 4.90 Å². The average Bonchev–Trinajstić information content (AvgIpc) is 2.62. The number of nitrogens with zero attached hydrogens (tertiary/aromatic N) is 1. The first-order valence-electron chi connectivity index (χ1n) is 5.71. The van der Waals surface area contributed by atoms with Crippen LogP contribution in [0.15, 0.2) is 0 Å². The van der Waals surface area contributed by atoms with Crippen LogP contribution in [0, 0.1) is 5.41 Å². The van der Waals surface area contributed by atoms with E-state index in [4.69, 9.17) is 0 Å². The van der Waals surface area contributed by atoms with E-state index in [1.165, 1.54) is 0 Å². The van der Waals surface area contributed by atoms with E-state index >= 15 is 0 Å². The van der Waals surface area contributed by atoms with Gasteiger partial charge >= 0.3 is 0 Å². The second-order valence-corrected chi connectivity index (χ2v) is 5.21. The van der Waals surface area contributed by atoms with Gasteiger partial charge in [-0.05, 0) is 12.8 Å². The summed E-state index contributed by atoms with van der Waals surface area (Å²) < 4.78 is 0. The maximum absolute atomic E-state index is 12.1. The summed E-state index contributed by atoms with van der Waals surface area (Å²) in [7, 11) is 0. The Kier molecular flexibility index (Phi) is 3.53. The minimum Gasteiger partial charge on any atom is -0.333 e. The van der Waals surface area contributed by atoms with Gasteiger partial charge in [0.25, 0.3) is 0 Å². The van der Waals surface area contributed by atoms with Gasteiger partial charge in [0.15, 0.2) is 5.78 Å². The number of carbonyl (C=O) groups is 2. The van der Waals surface area contributed by atoms with E-state index in [1.54, 1.807) is 4.90 Å². The van der Waals surface area contributed by atoms with Crippen LogP contribution in [0.5, 0.6) is 0 Å². The molecule has 0 aromatic rings. The highest BCUT2D eigenvalue weighted by Crippen LogP contribution is 2.26. The molecule has 0 aromatic carbocycles. The molecule has 0 spiro atoms. The van der Waals surface area contributed by atoms with Crippen molar-refractivity contribution < 1.29 is 9.59 Å². The van der Waals surface area contributed by atoms with Crippen LogP contribution in [-0.2, 0) is 9.59 Å². The van der Waals surface area contributed by atoms with Crippen molar-refractivity contribution in [3.63, 3.8) is 0 Å². The Morgan fingerprint density at radius 1 is 1.33 bits per heavy atom. The normalized spacial score (nSPS) is 21.9. The third kappa shape index (κ3) is 2.58. The molecule has 1 fully saturated rings. The van der Waals surface area contributed by atoms with E-state index in [0.717, 1.165) is 19.4 Å². The lowest BCUT2D eigenvalue weighted by Gasteiger charge is -2.28. The molecule has 0 bridgehead atoms. The molecular weight excluding hydrogens is 190 g/mol. The van der Waals surface area contributed by atoms with Crippen LogP contribution in [0.25, 0.3) is 0 Å². The molecule has 15 heavy (non-hydrogen) atoms. The van der Waals surface area contributed by atoms with E-state index in [0.29, 0.717) is 6.42 Å². The molecule has 0 radical (unpaired) electrons. The third-order valence-electron chi connectivity index (χ3n) is 2.92. The number of carbonyl (C=O) groups excluding carboxylic acids is 2. The number of amides is 1. The fourth-order valence-electron chi connectivity index (χ4n) is 2.04. The average molecular weight is 211 g/mol. The predicted molar refractivity (Wildman–Crippen MR) is 59.5 cm³/mol. The summed E-state index contributed by atoms with van der Waals surface area (Å²) in [4.78, 5) is 25.5. The molecular formula is C12H21NO2. The van der Waals surface area contributed by atoms with Gasteiger partial charge in [0.1, 0.15) is 0 Å². The smallest absolute Gasteiger partial charge is 0.222 e. The lowest BCUT2D eigenvalue weighted by molar-refractivity contribution is -0.140. The number of likely N-dealkylation sites (tertiary alicyclic amines) is 1. The molecule has 1 aliphatic rings. The van der Waals surface area contributed by atoms with E-state index < -0.39 is 0 Å². The summed E-state index contributed by atoms with van der Waals surface area (Å²) in [5.41, 5.74) is -0.346. The monoisotopic (exact) mass is 211 g/mol. The lowest BCUT2D eigenvalue weighted by atomic mass is 9.85. The molecule has 0 aliphatic carbocycles. The predicted octanol–water partition coefficient (Wildman–Crippen LogP) is 2.00. The molecule has 1 atom stereocenters. The van der Waals surface area contributed by atoms with Gasteiger partial charge in [0.2, 0.25) is 5.91 Å². The van der Waals surface area contributed by atoms with Crippen LogP contribution >= 0.6 is 0 Å². The van der Waals surface area contributed by atoms with Crippen molar-refractivity contribution in [2.45, 2.75) is 53.0 Å². The van der Waals surface area contributed by atoms with Gasteiger partial charge in [-0.2, -0.15) is 0 Å². The summed E-state index contributed by atoms with van der Waals surface area (Å²) in [6, 6.07) is -0.169. The molecule has 0 saturated carbocycles. The van der Waals surface area contributed by atoms with Crippen LogP contribution in [0.3, 0.4) is 0 Å². The van der Waals surface area contributed by atoms with Gasteiger partial charge in [-0.25, -0.2) is 0 Å². The zero-order valence-corrected chi connectivity index (χ0v) is 10.2. The third-order valence-corrected chi connectivity index (χ3v) is 2.92. The number of hydrogen-bond acceptors (Lipinski definition) is 2. The second-order valence-electron chi connectivity index (χ2n) is 5.21. The van der Waals surface area contributed by atoms with Crippen molar-refractivity contribution in [1.82, 2.24) is 4.90 Å². The van der Waals surface area contributed by atoms with Crippen molar-refractivity contribution in [2.24, 2.45) is 5.41 Å². The molecule has 1 saturated heterocycles. The van der Waals surface area contributed by atoms with Gasteiger partial charge in [-0.1, -0.05) is 27.7 Å². The van der Waals surface area contributed by atoms with Crippen LogP contribution in [0.2, 0.25) is 0 Å². The standard InChI is InChI=1S/C12H21NO2/c1-5-10(14)13-8-6-7-9(13)11(15)12(2,3)4/h9H,5-8H2,1-4H3. The lowest BCUT2D eigenvalue weighted by Crippen LogP contribution is -2.44. The molecule has 3 nitrogen and oxygen atoms in total. The number of ketones is 1. The number of Topliss-reactive ketones (excluding diaryl/α,β-unsaturated/α-hetero) is 1. The summed E-state index contributed by atoms with van der Waals surface area (Å²) in [5.74, 6) is 0.303. The van der Waals surface area contributed by atoms with E-state index in [9.17, 15) is 9.59 Å². The molecule has 1 rings (SSSR count). The molecule has 0 N–H and O–H groups in total. The molecule has 1 amide bonds. The van der Waals surface area contributed by atoms with Crippen molar-refractivity contribution in [2.75, 3.05) is 6.54 Å². The molecule has 1 heterocycles. The highest BCUT2D eigenvalue weighted by molar-refractivity contribution is 5.92. The molecule has 3 heteroatoms. The van der Waals surface area contributed by atoms with E-state index in [1.807, 2.05) is 27.7 Å². The second kappa shape index (κ2) is 4.33. The van der Waals surface area contributed by atoms with E-state index in [2.05, 4.69) is 0 Å². The van der Waals surface area contributed by atoms with Gasteiger partial charge in [-0.15, -0.1) is 0 Å². The summed E-state index contributed by atoms with van der Waals surface area (Å²) in [6.07, 6.45) is 2.29. The van der Waals surface area contributed by atoms with Crippen molar-refractivity contribution in [3.05, 3.63) is 0 Å². The topological polar surface area (TPSA) is 37.4 Å². The molecule has 0 aromatic heterocycles. The first-order chi connectivity index (χ1) is 6.88. The zero-order valence-electron chi connectivity index (χ0n) is 10.2. The van der Waals surface area contributed by atoms with Crippen LogP contribution in [0.4, 0.5) is 0 Å². The SMILES string of the molecule is CCC(=O)N1CCCC1C(=O)C(C)(C)C. The Hall–Kier alpha value is -0.860. The molecule has 1 aliphatic heterocycles. The highest BCUT2D eigenvalue weighted by Gasteiger charge is 2.38. The van der Waals surface area contributed by atoms with E-state index in [-0.39, 0.29) is 23.1 Å². The summed E-state index contributed by atoms with van der Waals surface area (Å²) in [6.45, 7) is 8.35. The Morgan fingerprint density at radius 3 is 2.40 bits per heavy atom. The number of hydrogen-bond donors (Lipinski definition) is 0. The maximum Gasteiger partial charge on any atom is 0.222 e. The maximum atomic E-state index is 12.1. The zero-order chi connectivity index (χ0) is 11.6. The van der Waals surface area contributed by atoms with Gasteiger partial charge in [0, 0.05) is 18.4 Å². The molecule has 86 valence electrons. The Balaban J connectivity index is 2.77. The number of rotatable bonds is 2. The Labute approximate surface area is 91.8 Å². The van der Waals surface area contributed by atoms with Gasteiger partial charge in [0.05, 0.1) is 6.04 Å². The van der Waals surface area contributed by atoms with Gasteiger partial charge in [-0.3, -0.25) is 9.59 Å². The van der Waals surface area contributed by atoms with Crippen LogP contribution < -0.4 is 0 Å². The Morgan fingerprint density at radius 2 is 1.93 bits per heavy atom. The Bertz CT molecular complexity index is 265. The first-order valence-corrected chi connectivity index (χ1v) is 5.71. The van der Waals surface area contributed by atoms with Crippen molar-refractivity contribution >= 4 is 11.7 Å². The quantitative estimate of drug-likeness (QED) is 0.700. The minimum atomic E-state index is -0.346. The van der Waals surface area contributed by atoms with Crippen molar-refractivity contribution in [1.29, 1.82) is 0 Å². The fourth-order valence-corrected chi connectivity index (χ4v) is 2.04. The highest BCUT2D eigenvalue weighted by atomic mass is 16.2.